The number of hydrogen-bond acceptors (Lipinski definition) is 6. The summed E-state index contributed by atoms with van der Waals surface area (Å²) in [5.74, 6) is -0.202. The van der Waals surface area contributed by atoms with Crippen LogP contribution in [0.2, 0.25) is 0 Å². The minimum Gasteiger partial charge on any atom is -0.738 e. The number of esters is 1. The molecule has 0 aliphatic rings. The van der Waals surface area contributed by atoms with Crippen molar-refractivity contribution >= 4 is 5.97 Å². The Hall–Kier alpha value is -1.47. The van der Waals surface area contributed by atoms with Crippen molar-refractivity contribution in [2.45, 2.75) is 33.1 Å². The lowest BCUT2D eigenvalue weighted by molar-refractivity contribution is -0.308. The predicted molar refractivity (Wildman–Crippen MR) is 77.3 cm³/mol. The van der Waals surface area contributed by atoms with E-state index in [0.717, 1.165) is 12.0 Å². The van der Waals surface area contributed by atoms with Gasteiger partial charge < -0.3 is 15.2 Å². The number of carbonyl (C=O) groups is 1. The Labute approximate surface area is 124 Å². The standard InChI is InChI=1S/C15H22NO5/c1-11(2)10-13-4-6-14(7-5-13)12(3)15(17)20-8-9-21-16(18)19/h4-7,11-12,18H,8-10H2,1-3H3/q-1. The molecular weight excluding hydrogens is 274 g/mol. The molecule has 1 aromatic rings. The van der Waals surface area contributed by atoms with Crippen LogP contribution in [0, 0.1) is 11.1 Å². The zero-order chi connectivity index (χ0) is 15.8. The second kappa shape index (κ2) is 8.74. The molecule has 21 heavy (non-hydrogen) atoms. The molecule has 118 valence electrons. The first-order valence-electron chi connectivity index (χ1n) is 6.94. The highest BCUT2D eigenvalue weighted by molar-refractivity contribution is 5.77. The third kappa shape index (κ3) is 6.68. The monoisotopic (exact) mass is 296 g/mol. The Kier molecular flexibility index (Phi) is 7.31. The fraction of sp³-hybridized carbons (Fsp3) is 0.533. The van der Waals surface area contributed by atoms with E-state index in [4.69, 9.17) is 9.94 Å². The van der Waals surface area contributed by atoms with Gasteiger partial charge in [-0.05, 0) is 30.4 Å². The quantitative estimate of drug-likeness (QED) is 0.451. The highest BCUT2D eigenvalue weighted by Crippen LogP contribution is 2.18. The molecule has 6 heteroatoms. The summed E-state index contributed by atoms with van der Waals surface area (Å²) in [6.45, 7) is 5.79. The molecule has 0 aliphatic carbocycles. The summed E-state index contributed by atoms with van der Waals surface area (Å²) in [7, 11) is 0. The molecular formula is C15H22NO5-. The minimum absolute atomic E-state index is 0.0894. The molecule has 0 spiro atoms. The molecule has 0 aromatic heterocycles. The van der Waals surface area contributed by atoms with Gasteiger partial charge in [0.05, 0.1) is 5.92 Å². The molecule has 6 nitrogen and oxygen atoms in total. The van der Waals surface area contributed by atoms with Gasteiger partial charge in [0.25, 0.3) is 0 Å². The SMILES string of the molecule is CC(C)Cc1ccc(C(C)C(=O)OCCON([O-])O)cc1. The van der Waals surface area contributed by atoms with Crippen LogP contribution in [0.5, 0.6) is 0 Å². The van der Waals surface area contributed by atoms with E-state index in [9.17, 15) is 10.0 Å². The Balaban J connectivity index is 2.46. The Morgan fingerprint density at radius 1 is 1.24 bits per heavy atom. The largest absolute Gasteiger partial charge is 0.738 e. The van der Waals surface area contributed by atoms with Crippen molar-refractivity contribution in [1.29, 1.82) is 0 Å². The minimum atomic E-state index is -0.662. The molecule has 0 heterocycles. The summed E-state index contributed by atoms with van der Waals surface area (Å²) in [5.41, 5.74) is 2.11. The second-order valence-corrected chi connectivity index (χ2v) is 5.30. The molecule has 1 aromatic carbocycles. The van der Waals surface area contributed by atoms with E-state index < -0.39 is 17.3 Å². The van der Waals surface area contributed by atoms with Gasteiger partial charge in [-0.15, -0.1) is 5.39 Å². The third-order valence-corrected chi connectivity index (χ3v) is 3.01. The molecule has 1 atom stereocenters. The molecule has 1 N–H and O–H groups in total. The maximum atomic E-state index is 11.8. The maximum absolute atomic E-state index is 11.8. The van der Waals surface area contributed by atoms with E-state index >= 15 is 0 Å². The number of ether oxygens (including phenoxy) is 1. The van der Waals surface area contributed by atoms with E-state index in [1.807, 2.05) is 24.3 Å². The highest BCUT2D eigenvalue weighted by atomic mass is 17.1. The van der Waals surface area contributed by atoms with Gasteiger partial charge in [0.1, 0.15) is 13.2 Å². The molecule has 0 amide bonds. The number of hydrogen-bond donors (Lipinski definition) is 1. The van der Waals surface area contributed by atoms with E-state index in [1.54, 1.807) is 6.92 Å². The van der Waals surface area contributed by atoms with Crippen molar-refractivity contribution in [3.8, 4) is 0 Å². The number of carbonyl (C=O) groups excluding carboxylic acids is 1. The van der Waals surface area contributed by atoms with Gasteiger partial charge in [-0.25, -0.2) is 0 Å². The molecule has 0 aliphatic heterocycles. The fourth-order valence-electron chi connectivity index (χ4n) is 1.93. The van der Waals surface area contributed by atoms with E-state index in [-0.39, 0.29) is 13.2 Å². The highest BCUT2D eigenvalue weighted by Gasteiger charge is 2.16. The average Bonchev–Trinajstić information content (AvgIpc) is 2.42. The lowest BCUT2D eigenvalue weighted by Crippen LogP contribution is -2.19. The molecule has 0 radical (unpaired) electrons. The van der Waals surface area contributed by atoms with E-state index in [2.05, 4.69) is 18.7 Å². The molecule has 0 bridgehead atoms. The zero-order valence-electron chi connectivity index (χ0n) is 12.6. The van der Waals surface area contributed by atoms with E-state index in [0.29, 0.717) is 5.92 Å². The van der Waals surface area contributed by atoms with Crippen LogP contribution < -0.4 is 0 Å². The number of nitrogens with zero attached hydrogens (tertiary/aromatic N) is 1. The first kappa shape index (κ1) is 17.6. The lowest BCUT2D eigenvalue weighted by atomic mass is 9.97. The van der Waals surface area contributed by atoms with Gasteiger partial charge in [-0.2, -0.15) is 0 Å². The van der Waals surface area contributed by atoms with Gasteiger partial charge in [-0.3, -0.25) is 9.63 Å². The Bertz CT molecular complexity index is 430. The van der Waals surface area contributed by atoms with Crippen molar-refractivity contribution < 1.29 is 19.6 Å². The van der Waals surface area contributed by atoms with Crippen LogP contribution >= 0.6 is 0 Å². The van der Waals surface area contributed by atoms with Crippen molar-refractivity contribution in [3.63, 3.8) is 0 Å². The summed E-state index contributed by atoms with van der Waals surface area (Å²) in [5, 5.41) is 17.6. The first-order valence-corrected chi connectivity index (χ1v) is 6.94. The third-order valence-electron chi connectivity index (χ3n) is 3.01. The molecule has 1 unspecified atom stereocenters. The molecule has 0 saturated carbocycles. The molecule has 1 rings (SSSR count). The normalized spacial score (nSPS) is 12.7. The summed E-state index contributed by atoms with van der Waals surface area (Å²) >= 11 is 0. The van der Waals surface area contributed by atoms with Crippen LogP contribution in [0.25, 0.3) is 0 Å². The van der Waals surface area contributed by atoms with Crippen molar-refractivity contribution in [2.75, 3.05) is 13.2 Å². The van der Waals surface area contributed by atoms with Crippen LogP contribution in [0.4, 0.5) is 0 Å². The van der Waals surface area contributed by atoms with Crippen LogP contribution in [0.1, 0.15) is 37.8 Å². The van der Waals surface area contributed by atoms with Gasteiger partial charge in [-0.1, -0.05) is 38.1 Å². The fourth-order valence-corrected chi connectivity index (χ4v) is 1.93. The van der Waals surface area contributed by atoms with Crippen molar-refractivity contribution in [2.24, 2.45) is 5.92 Å². The summed E-state index contributed by atoms with van der Waals surface area (Å²) < 4.78 is 4.96. The van der Waals surface area contributed by atoms with Crippen LogP contribution in [-0.2, 0) is 20.8 Å². The lowest BCUT2D eigenvalue weighted by Gasteiger charge is -2.18. The van der Waals surface area contributed by atoms with Gasteiger partial charge in [0.15, 0.2) is 0 Å². The topological polar surface area (TPSA) is 82.1 Å². The first-order chi connectivity index (χ1) is 9.90. The Morgan fingerprint density at radius 2 is 1.86 bits per heavy atom. The van der Waals surface area contributed by atoms with Gasteiger partial charge in [0.2, 0.25) is 0 Å². The van der Waals surface area contributed by atoms with Crippen LogP contribution in [0.3, 0.4) is 0 Å². The smallest absolute Gasteiger partial charge is 0.313 e. The van der Waals surface area contributed by atoms with E-state index in [1.165, 1.54) is 5.56 Å². The maximum Gasteiger partial charge on any atom is 0.313 e. The van der Waals surface area contributed by atoms with Crippen molar-refractivity contribution in [1.82, 2.24) is 5.39 Å². The van der Waals surface area contributed by atoms with Gasteiger partial charge in [0, 0.05) is 0 Å². The predicted octanol–water partition coefficient (Wildman–Crippen LogP) is 2.65. The number of benzene rings is 1. The Morgan fingerprint density at radius 3 is 2.38 bits per heavy atom. The number of rotatable bonds is 8. The molecule has 0 fully saturated rings. The summed E-state index contributed by atoms with van der Waals surface area (Å²) in [6.07, 6.45) is 1.00. The van der Waals surface area contributed by atoms with Crippen LogP contribution in [-0.4, -0.2) is 29.8 Å². The zero-order valence-corrected chi connectivity index (χ0v) is 12.6. The summed E-state index contributed by atoms with van der Waals surface area (Å²) in [4.78, 5) is 16.0. The van der Waals surface area contributed by atoms with Crippen LogP contribution in [0.15, 0.2) is 24.3 Å². The average molecular weight is 296 g/mol. The molecule has 0 saturated heterocycles. The summed E-state index contributed by atoms with van der Waals surface area (Å²) in [6, 6.07) is 7.88. The van der Waals surface area contributed by atoms with Gasteiger partial charge >= 0.3 is 5.97 Å². The second-order valence-electron chi connectivity index (χ2n) is 5.30. The van der Waals surface area contributed by atoms with Crippen molar-refractivity contribution in [3.05, 3.63) is 40.6 Å².